The van der Waals surface area contributed by atoms with Gasteiger partial charge in [-0.05, 0) is 22.8 Å². The molecule has 0 aliphatic heterocycles. The quantitative estimate of drug-likeness (QED) is 0.803. The van der Waals surface area contributed by atoms with Gasteiger partial charge < -0.3 is 11.1 Å². The molecule has 1 aliphatic carbocycles. The summed E-state index contributed by atoms with van der Waals surface area (Å²) in [7, 11) is 0. The molecule has 0 radical (unpaired) electrons. The van der Waals surface area contributed by atoms with Gasteiger partial charge in [-0.1, -0.05) is 37.4 Å². The maximum absolute atomic E-state index is 5.51. The predicted molar refractivity (Wildman–Crippen MR) is 68.6 cm³/mol. The van der Waals surface area contributed by atoms with Crippen LogP contribution in [-0.4, -0.2) is 6.54 Å². The van der Waals surface area contributed by atoms with E-state index in [-0.39, 0.29) is 0 Å². The monoisotopic (exact) mass is 212 g/mol. The molecule has 3 N–H and O–H groups in total. The number of benzene rings is 1. The van der Waals surface area contributed by atoms with Crippen molar-refractivity contribution in [2.45, 2.75) is 6.42 Å². The van der Waals surface area contributed by atoms with E-state index in [1.807, 2.05) is 0 Å². The van der Waals surface area contributed by atoms with Gasteiger partial charge in [-0.25, -0.2) is 0 Å². The number of nitrogens with one attached hydrogen (secondary N) is 1. The third-order valence-corrected chi connectivity index (χ3v) is 2.68. The Hall–Kier alpha value is -1.96. The van der Waals surface area contributed by atoms with Crippen molar-refractivity contribution in [1.82, 2.24) is 5.32 Å². The lowest BCUT2D eigenvalue weighted by atomic mass is 10.1. The van der Waals surface area contributed by atoms with Crippen LogP contribution in [-0.2, 0) is 6.42 Å². The van der Waals surface area contributed by atoms with E-state index in [9.17, 15) is 0 Å². The molecule has 0 amide bonds. The highest BCUT2D eigenvalue weighted by atomic mass is 14.9. The summed E-state index contributed by atoms with van der Waals surface area (Å²) >= 11 is 0. The molecule has 0 fully saturated rings. The lowest BCUT2D eigenvalue weighted by Crippen LogP contribution is -2.20. The zero-order chi connectivity index (χ0) is 11.5. The average molecular weight is 212 g/mol. The van der Waals surface area contributed by atoms with Crippen LogP contribution in [0.4, 0.5) is 0 Å². The van der Waals surface area contributed by atoms with E-state index in [0.29, 0.717) is 12.2 Å². The van der Waals surface area contributed by atoms with Crippen LogP contribution in [0.1, 0.15) is 11.1 Å². The first-order valence-corrected chi connectivity index (χ1v) is 5.31. The Morgan fingerprint density at radius 1 is 1.31 bits per heavy atom. The number of nitrogens with two attached hydrogens (primary N) is 1. The van der Waals surface area contributed by atoms with Crippen molar-refractivity contribution < 1.29 is 0 Å². The van der Waals surface area contributed by atoms with Crippen LogP contribution < -0.4 is 11.1 Å². The molecule has 2 rings (SSSR count). The third-order valence-electron chi connectivity index (χ3n) is 2.68. The van der Waals surface area contributed by atoms with Gasteiger partial charge in [-0.15, -0.1) is 0 Å². The minimum atomic E-state index is 0.576. The zero-order valence-electron chi connectivity index (χ0n) is 9.29. The van der Waals surface area contributed by atoms with Crippen molar-refractivity contribution in [2.75, 3.05) is 6.54 Å². The molecule has 1 aromatic rings. The van der Waals surface area contributed by atoms with Crippen LogP contribution >= 0.6 is 0 Å². The smallest absolute Gasteiger partial charge is 0.0539 e. The number of fused-ring (bicyclic) bond motifs is 1. The molecule has 2 nitrogen and oxygen atoms in total. The van der Waals surface area contributed by atoms with Gasteiger partial charge in [0.1, 0.15) is 0 Å². The molecule has 0 spiro atoms. The summed E-state index contributed by atoms with van der Waals surface area (Å²) in [6.45, 7) is 8.24. The van der Waals surface area contributed by atoms with Gasteiger partial charge in [-0.3, -0.25) is 0 Å². The molecule has 0 aromatic heterocycles. The molecule has 2 heteroatoms. The second-order valence-corrected chi connectivity index (χ2v) is 4.04. The molecule has 0 bridgehead atoms. The molecule has 0 unspecified atom stereocenters. The van der Waals surface area contributed by atoms with Crippen LogP contribution in [0.15, 0.2) is 54.4 Å². The Bertz CT molecular complexity index is 469. The molecular weight excluding hydrogens is 196 g/mol. The molecule has 1 aliphatic rings. The van der Waals surface area contributed by atoms with Crippen molar-refractivity contribution in [3.8, 4) is 0 Å². The summed E-state index contributed by atoms with van der Waals surface area (Å²) < 4.78 is 0. The predicted octanol–water partition coefficient (Wildman–Crippen LogP) is 2.20. The number of hydrogen-bond donors (Lipinski definition) is 2. The Morgan fingerprint density at radius 3 is 2.75 bits per heavy atom. The molecule has 82 valence electrons. The van der Waals surface area contributed by atoms with E-state index < -0.39 is 0 Å². The molecule has 0 atom stereocenters. The van der Waals surface area contributed by atoms with Gasteiger partial charge in [0.05, 0.1) is 6.54 Å². The van der Waals surface area contributed by atoms with Crippen molar-refractivity contribution in [2.24, 2.45) is 5.73 Å². The van der Waals surface area contributed by atoms with Gasteiger partial charge in [0, 0.05) is 17.8 Å². The largest absolute Gasteiger partial charge is 0.401 e. The highest BCUT2D eigenvalue weighted by Gasteiger charge is 2.13. The normalized spacial score (nSPS) is 12.9. The van der Waals surface area contributed by atoms with Crippen molar-refractivity contribution in [3.05, 3.63) is 65.5 Å². The zero-order valence-corrected chi connectivity index (χ0v) is 9.29. The number of hydrogen-bond acceptors (Lipinski definition) is 2. The fourth-order valence-electron chi connectivity index (χ4n) is 1.81. The van der Waals surface area contributed by atoms with Crippen LogP contribution in [0.3, 0.4) is 0 Å². The summed E-state index contributed by atoms with van der Waals surface area (Å²) in [5.74, 6) is 0. The first-order chi connectivity index (χ1) is 7.66. The topological polar surface area (TPSA) is 38.0 Å². The minimum Gasteiger partial charge on any atom is -0.401 e. The van der Waals surface area contributed by atoms with Gasteiger partial charge in [0.2, 0.25) is 0 Å². The van der Waals surface area contributed by atoms with E-state index in [4.69, 9.17) is 5.73 Å². The number of rotatable bonds is 4. The van der Waals surface area contributed by atoms with Crippen molar-refractivity contribution in [1.29, 1.82) is 0 Å². The van der Waals surface area contributed by atoms with E-state index in [1.165, 1.54) is 16.7 Å². The van der Waals surface area contributed by atoms with Gasteiger partial charge in [-0.2, -0.15) is 0 Å². The maximum atomic E-state index is 5.51. The summed E-state index contributed by atoms with van der Waals surface area (Å²) in [6.07, 6.45) is 3.11. The fourth-order valence-corrected chi connectivity index (χ4v) is 1.81. The van der Waals surface area contributed by atoms with Crippen LogP contribution in [0.5, 0.6) is 0 Å². The number of allylic oxidation sites excluding steroid dienone is 1. The molecule has 0 saturated carbocycles. The lowest BCUT2D eigenvalue weighted by Gasteiger charge is -2.09. The van der Waals surface area contributed by atoms with Gasteiger partial charge in [0.25, 0.3) is 0 Å². The standard InChI is InChI=1S/C14H16N2/c1-10(15)9-16-11(2)14-7-12-5-3-4-6-13(12)8-14/h3-7,16H,1-2,8-9,15H2. The van der Waals surface area contributed by atoms with E-state index in [2.05, 4.69) is 48.8 Å². The molecule has 1 aromatic carbocycles. The Balaban J connectivity index is 2.05. The molecule has 16 heavy (non-hydrogen) atoms. The van der Waals surface area contributed by atoms with Gasteiger partial charge in [0.15, 0.2) is 0 Å². The summed E-state index contributed by atoms with van der Waals surface area (Å²) in [5, 5.41) is 3.17. The Morgan fingerprint density at radius 2 is 2.06 bits per heavy atom. The van der Waals surface area contributed by atoms with E-state index in [0.717, 1.165) is 12.1 Å². The average Bonchev–Trinajstić information content (AvgIpc) is 2.69. The molecular formula is C14H16N2. The van der Waals surface area contributed by atoms with E-state index >= 15 is 0 Å². The highest BCUT2D eigenvalue weighted by Crippen LogP contribution is 2.27. The fraction of sp³-hybridized carbons (Fsp3) is 0.143. The summed E-state index contributed by atoms with van der Waals surface area (Å²) in [5.41, 5.74) is 10.9. The highest BCUT2D eigenvalue weighted by molar-refractivity contribution is 5.67. The van der Waals surface area contributed by atoms with Crippen LogP contribution in [0.25, 0.3) is 6.08 Å². The lowest BCUT2D eigenvalue weighted by molar-refractivity contribution is 0.869. The third kappa shape index (κ3) is 2.16. The first kappa shape index (κ1) is 10.6. The first-order valence-electron chi connectivity index (χ1n) is 5.31. The second-order valence-electron chi connectivity index (χ2n) is 4.04. The summed E-state index contributed by atoms with van der Waals surface area (Å²) in [4.78, 5) is 0. The van der Waals surface area contributed by atoms with Gasteiger partial charge >= 0.3 is 0 Å². The molecule has 0 saturated heterocycles. The Kier molecular flexibility index (Phi) is 2.82. The van der Waals surface area contributed by atoms with Crippen LogP contribution in [0.2, 0.25) is 0 Å². The van der Waals surface area contributed by atoms with Crippen molar-refractivity contribution >= 4 is 6.08 Å². The van der Waals surface area contributed by atoms with Crippen LogP contribution in [0, 0.1) is 0 Å². The summed E-state index contributed by atoms with van der Waals surface area (Å²) in [6, 6.07) is 8.38. The Labute approximate surface area is 96.2 Å². The SMILES string of the molecule is C=C(N)CNC(=C)C1=Cc2ccccc2C1. The molecule has 0 heterocycles. The van der Waals surface area contributed by atoms with Crippen molar-refractivity contribution in [3.63, 3.8) is 0 Å². The minimum absolute atomic E-state index is 0.576. The maximum Gasteiger partial charge on any atom is 0.0539 e. The second kappa shape index (κ2) is 4.27. The van der Waals surface area contributed by atoms with E-state index in [1.54, 1.807) is 0 Å².